The molecule has 0 aliphatic carbocycles. The quantitative estimate of drug-likeness (QED) is 0.786. The lowest BCUT2D eigenvalue weighted by atomic mass is 10.2. The van der Waals surface area contributed by atoms with E-state index in [9.17, 15) is 4.79 Å². The summed E-state index contributed by atoms with van der Waals surface area (Å²) in [7, 11) is 0. The Labute approximate surface area is 105 Å². The van der Waals surface area contributed by atoms with E-state index in [0.29, 0.717) is 13.0 Å². The minimum atomic E-state index is 0.0803. The summed E-state index contributed by atoms with van der Waals surface area (Å²) in [6, 6.07) is 7.89. The van der Waals surface area contributed by atoms with Crippen LogP contribution >= 0.6 is 15.9 Å². The van der Waals surface area contributed by atoms with E-state index < -0.39 is 0 Å². The number of halogens is 1. The van der Waals surface area contributed by atoms with Gasteiger partial charge < -0.3 is 10.6 Å². The van der Waals surface area contributed by atoms with Crippen LogP contribution in [-0.2, 0) is 11.3 Å². The van der Waals surface area contributed by atoms with Gasteiger partial charge in [0.15, 0.2) is 0 Å². The first-order chi connectivity index (χ1) is 7.74. The third-order valence-electron chi connectivity index (χ3n) is 2.21. The predicted octanol–water partition coefficient (Wildman–Crippen LogP) is 2.06. The van der Waals surface area contributed by atoms with E-state index in [1.54, 1.807) is 0 Å². The minimum Gasteiger partial charge on any atom is -0.352 e. The highest BCUT2D eigenvalue weighted by Crippen LogP contribution is 2.15. The summed E-state index contributed by atoms with van der Waals surface area (Å²) < 4.78 is 1.03. The van der Waals surface area contributed by atoms with Crippen LogP contribution in [-0.4, -0.2) is 19.0 Å². The summed E-state index contributed by atoms with van der Waals surface area (Å²) in [5.41, 5.74) is 1.10. The number of amides is 1. The van der Waals surface area contributed by atoms with E-state index in [-0.39, 0.29) is 5.91 Å². The molecule has 0 saturated carbocycles. The Bertz CT molecular complexity index is 342. The van der Waals surface area contributed by atoms with Crippen molar-refractivity contribution in [1.29, 1.82) is 0 Å². The maximum absolute atomic E-state index is 11.4. The van der Waals surface area contributed by atoms with Gasteiger partial charge in [0.1, 0.15) is 0 Å². The lowest BCUT2D eigenvalue weighted by Crippen LogP contribution is -2.27. The normalized spacial score (nSPS) is 10.1. The molecule has 4 heteroatoms. The molecule has 0 aromatic heterocycles. The Morgan fingerprint density at radius 2 is 2.12 bits per heavy atom. The second kappa shape index (κ2) is 7.41. The number of rotatable bonds is 6. The lowest BCUT2D eigenvalue weighted by molar-refractivity contribution is -0.121. The van der Waals surface area contributed by atoms with Crippen molar-refractivity contribution in [3.05, 3.63) is 34.3 Å². The van der Waals surface area contributed by atoms with E-state index in [4.69, 9.17) is 0 Å². The summed E-state index contributed by atoms with van der Waals surface area (Å²) in [6.07, 6.45) is 0.526. The van der Waals surface area contributed by atoms with Gasteiger partial charge in [-0.1, -0.05) is 41.1 Å². The molecule has 0 spiro atoms. The first-order valence-electron chi connectivity index (χ1n) is 5.45. The molecule has 2 N–H and O–H groups in total. The predicted molar refractivity (Wildman–Crippen MR) is 69.1 cm³/mol. The van der Waals surface area contributed by atoms with Crippen molar-refractivity contribution in [1.82, 2.24) is 10.6 Å². The van der Waals surface area contributed by atoms with E-state index in [0.717, 1.165) is 23.1 Å². The molecule has 3 nitrogen and oxygen atoms in total. The molecule has 0 aliphatic rings. The van der Waals surface area contributed by atoms with Crippen molar-refractivity contribution >= 4 is 21.8 Å². The molecule has 1 rings (SSSR count). The number of nitrogens with one attached hydrogen (secondary N) is 2. The van der Waals surface area contributed by atoms with Gasteiger partial charge in [-0.3, -0.25) is 4.79 Å². The zero-order chi connectivity index (χ0) is 11.8. The van der Waals surface area contributed by atoms with Crippen LogP contribution < -0.4 is 10.6 Å². The van der Waals surface area contributed by atoms with Crippen LogP contribution in [0.5, 0.6) is 0 Å². The van der Waals surface area contributed by atoms with Crippen molar-refractivity contribution in [3.8, 4) is 0 Å². The molecule has 88 valence electrons. The summed E-state index contributed by atoms with van der Waals surface area (Å²) in [5.74, 6) is 0.0803. The van der Waals surface area contributed by atoms with Crippen LogP contribution in [0.15, 0.2) is 28.7 Å². The third kappa shape index (κ3) is 4.77. The van der Waals surface area contributed by atoms with Crippen LogP contribution in [0.3, 0.4) is 0 Å². The zero-order valence-corrected chi connectivity index (χ0v) is 11.0. The van der Waals surface area contributed by atoms with Gasteiger partial charge in [-0.25, -0.2) is 0 Å². The molecule has 0 unspecified atom stereocenters. The third-order valence-corrected chi connectivity index (χ3v) is 2.99. The highest BCUT2D eigenvalue weighted by Gasteiger charge is 2.02. The molecular weight excluding hydrogens is 268 g/mol. The Kier molecular flexibility index (Phi) is 6.11. The highest BCUT2D eigenvalue weighted by molar-refractivity contribution is 9.10. The molecule has 0 aliphatic heterocycles. The number of carbonyl (C=O) groups excluding carboxylic acids is 1. The van der Waals surface area contributed by atoms with Crippen LogP contribution in [0.4, 0.5) is 0 Å². The van der Waals surface area contributed by atoms with E-state index in [2.05, 4.69) is 26.6 Å². The van der Waals surface area contributed by atoms with Gasteiger partial charge in [-0.2, -0.15) is 0 Å². The van der Waals surface area contributed by atoms with Crippen LogP contribution in [0.1, 0.15) is 18.9 Å². The smallest absolute Gasteiger partial charge is 0.221 e. The van der Waals surface area contributed by atoms with Crippen molar-refractivity contribution in [2.75, 3.05) is 13.1 Å². The standard InChI is InChI=1S/C12H17BrN2O/c1-2-14-8-7-12(16)15-9-10-5-3-4-6-11(10)13/h3-6,14H,2,7-9H2,1H3,(H,15,16). The van der Waals surface area contributed by atoms with E-state index in [1.165, 1.54) is 0 Å². The van der Waals surface area contributed by atoms with E-state index in [1.807, 2.05) is 31.2 Å². The molecule has 0 fully saturated rings. The van der Waals surface area contributed by atoms with Crippen LogP contribution in [0.25, 0.3) is 0 Å². The molecule has 0 atom stereocenters. The van der Waals surface area contributed by atoms with Gasteiger partial charge in [0, 0.05) is 24.0 Å². The Balaban J connectivity index is 2.29. The Hall–Kier alpha value is -0.870. The average molecular weight is 285 g/mol. The van der Waals surface area contributed by atoms with Crippen molar-refractivity contribution in [2.45, 2.75) is 19.9 Å². The highest BCUT2D eigenvalue weighted by atomic mass is 79.9. The summed E-state index contributed by atoms with van der Waals surface area (Å²) in [6.45, 7) is 4.24. The van der Waals surface area contributed by atoms with Crippen LogP contribution in [0.2, 0.25) is 0 Å². The fourth-order valence-corrected chi connectivity index (χ4v) is 1.73. The molecule has 1 aromatic carbocycles. The van der Waals surface area contributed by atoms with Gasteiger partial charge in [-0.05, 0) is 18.2 Å². The number of carbonyl (C=O) groups is 1. The summed E-state index contributed by atoms with van der Waals surface area (Å²) in [4.78, 5) is 11.4. The molecule has 0 heterocycles. The topological polar surface area (TPSA) is 41.1 Å². The number of hydrogen-bond acceptors (Lipinski definition) is 2. The number of benzene rings is 1. The molecule has 0 bridgehead atoms. The van der Waals surface area contributed by atoms with Gasteiger partial charge in [0.05, 0.1) is 0 Å². The summed E-state index contributed by atoms with van der Waals surface area (Å²) >= 11 is 3.45. The second-order valence-corrected chi connectivity index (χ2v) is 4.33. The molecule has 1 amide bonds. The molecule has 0 radical (unpaired) electrons. The van der Waals surface area contributed by atoms with Crippen molar-refractivity contribution < 1.29 is 4.79 Å². The van der Waals surface area contributed by atoms with Gasteiger partial charge in [0.25, 0.3) is 0 Å². The van der Waals surface area contributed by atoms with Gasteiger partial charge in [-0.15, -0.1) is 0 Å². The summed E-state index contributed by atoms with van der Waals surface area (Å²) in [5, 5.41) is 6.01. The van der Waals surface area contributed by atoms with Gasteiger partial charge >= 0.3 is 0 Å². The largest absolute Gasteiger partial charge is 0.352 e. The molecular formula is C12H17BrN2O. The fraction of sp³-hybridized carbons (Fsp3) is 0.417. The lowest BCUT2D eigenvalue weighted by Gasteiger charge is -2.07. The molecule has 16 heavy (non-hydrogen) atoms. The number of hydrogen-bond donors (Lipinski definition) is 2. The molecule has 1 aromatic rings. The fourth-order valence-electron chi connectivity index (χ4n) is 1.30. The minimum absolute atomic E-state index is 0.0803. The van der Waals surface area contributed by atoms with E-state index >= 15 is 0 Å². The Morgan fingerprint density at radius 3 is 2.81 bits per heavy atom. The maximum atomic E-state index is 11.4. The first-order valence-corrected chi connectivity index (χ1v) is 6.24. The van der Waals surface area contributed by atoms with Crippen molar-refractivity contribution in [3.63, 3.8) is 0 Å². The Morgan fingerprint density at radius 1 is 1.38 bits per heavy atom. The average Bonchev–Trinajstić information content (AvgIpc) is 2.28. The monoisotopic (exact) mass is 284 g/mol. The zero-order valence-electron chi connectivity index (χ0n) is 9.42. The maximum Gasteiger partial charge on any atom is 0.221 e. The van der Waals surface area contributed by atoms with Gasteiger partial charge in [0.2, 0.25) is 5.91 Å². The molecule has 0 saturated heterocycles. The SMILES string of the molecule is CCNCCC(=O)NCc1ccccc1Br. The van der Waals surface area contributed by atoms with Crippen molar-refractivity contribution in [2.24, 2.45) is 0 Å². The first kappa shape index (κ1) is 13.2. The second-order valence-electron chi connectivity index (χ2n) is 3.47. The van der Waals surface area contributed by atoms with Crippen LogP contribution in [0, 0.1) is 0 Å².